The highest BCUT2D eigenvalue weighted by atomic mass is 79.9. The number of halogens is 1. The van der Waals surface area contributed by atoms with E-state index in [2.05, 4.69) is 65.9 Å². The Balaban J connectivity index is 1.38. The SMILES string of the molecule is O=C(NC1CCN(Cc2ccccc2)CC1)c1ccc(Br)cc1-n1cnnn1. The molecule has 1 aliphatic heterocycles. The van der Waals surface area contributed by atoms with Gasteiger partial charge in [0.25, 0.3) is 5.91 Å². The molecule has 144 valence electrons. The smallest absolute Gasteiger partial charge is 0.253 e. The molecule has 0 atom stereocenters. The summed E-state index contributed by atoms with van der Waals surface area (Å²) in [5, 5.41) is 14.4. The maximum atomic E-state index is 12.9. The quantitative estimate of drug-likeness (QED) is 0.659. The Morgan fingerprint density at radius 2 is 1.93 bits per heavy atom. The van der Waals surface area contributed by atoms with E-state index in [1.165, 1.54) is 16.6 Å². The van der Waals surface area contributed by atoms with Crippen LogP contribution in [-0.2, 0) is 6.54 Å². The molecule has 1 N–H and O–H groups in total. The highest BCUT2D eigenvalue weighted by Gasteiger charge is 2.23. The lowest BCUT2D eigenvalue weighted by Gasteiger charge is -2.32. The van der Waals surface area contributed by atoms with E-state index >= 15 is 0 Å². The number of carbonyl (C=O) groups is 1. The number of carbonyl (C=O) groups excluding carboxylic acids is 1. The highest BCUT2D eigenvalue weighted by Crippen LogP contribution is 2.21. The topological polar surface area (TPSA) is 75.9 Å². The van der Waals surface area contributed by atoms with Crippen LogP contribution in [0.25, 0.3) is 5.69 Å². The Bertz CT molecular complexity index is 923. The van der Waals surface area contributed by atoms with Crippen LogP contribution in [0.4, 0.5) is 0 Å². The van der Waals surface area contributed by atoms with Gasteiger partial charge in [-0.25, -0.2) is 0 Å². The summed E-state index contributed by atoms with van der Waals surface area (Å²) in [6, 6.07) is 16.1. The molecule has 0 saturated carbocycles. The molecule has 1 fully saturated rings. The molecule has 1 amide bonds. The lowest BCUT2D eigenvalue weighted by molar-refractivity contribution is 0.0908. The minimum Gasteiger partial charge on any atom is -0.349 e. The van der Waals surface area contributed by atoms with Gasteiger partial charge in [0, 0.05) is 30.1 Å². The number of hydrogen-bond acceptors (Lipinski definition) is 5. The van der Waals surface area contributed by atoms with Crippen molar-refractivity contribution >= 4 is 21.8 Å². The largest absolute Gasteiger partial charge is 0.349 e. The lowest BCUT2D eigenvalue weighted by atomic mass is 10.0. The number of piperidine rings is 1. The van der Waals surface area contributed by atoms with Gasteiger partial charge in [0.05, 0.1) is 11.3 Å². The summed E-state index contributed by atoms with van der Waals surface area (Å²) in [5.74, 6) is -0.0977. The molecule has 1 aromatic heterocycles. The molecule has 7 nitrogen and oxygen atoms in total. The maximum absolute atomic E-state index is 12.9. The molecular formula is C20H21BrN6O. The molecule has 3 aromatic rings. The van der Waals surface area contributed by atoms with Crippen molar-refractivity contribution in [2.24, 2.45) is 0 Å². The van der Waals surface area contributed by atoms with Crippen LogP contribution in [0.3, 0.4) is 0 Å². The van der Waals surface area contributed by atoms with E-state index in [9.17, 15) is 4.79 Å². The first-order valence-corrected chi connectivity index (χ1v) is 10.1. The van der Waals surface area contributed by atoms with Crippen LogP contribution < -0.4 is 5.32 Å². The number of amides is 1. The second kappa shape index (κ2) is 8.62. The molecule has 0 bridgehead atoms. The minimum absolute atomic E-state index is 0.0977. The molecule has 0 spiro atoms. The van der Waals surface area contributed by atoms with Crippen LogP contribution in [0, 0.1) is 0 Å². The number of nitrogens with one attached hydrogen (secondary N) is 1. The zero-order valence-corrected chi connectivity index (χ0v) is 16.9. The first-order valence-electron chi connectivity index (χ1n) is 9.29. The molecular weight excluding hydrogens is 420 g/mol. The van der Waals surface area contributed by atoms with Gasteiger partial charge >= 0.3 is 0 Å². The van der Waals surface area contributed by atoms with Crippen LogP contribution in [0.15, 0.2) is 59.3 Å². The van der Waals surface area contributed by atoms with Gasteiger partial charge in [-0.05, 0) is 47.0 Å². The number of hydrogen-bond donors (Lipinski definition) is 1. The van der Waals surface area contributed by atoms with Crippen LogP contribution >= 0.6 is 15.9 Å². The zero-order valence-electron chi connectivity index (χ0n) is 15.3. The van der Waals surface area contributed by atoms with Gasteiger partial charge in [-0.1, -0.05) is 46.3 Å². The monoisotopic (exact) mass is 440 g/mol. The highest BCUT2D eigenvalue weighted by molar-refractivity contribution is 9.10. The van der Waals surface area contributed by atoms with Gasteiger partial charge in [0.15, 0.2) is 0 Å². The van der Waals surface area contributed by atoms with Crippen molar-refractivity contribution in [2.45, 2.75) is 25.4 Å². The first kappa shape index (κ1) is 18.8. The molecule has 0 radical (unpaired) electrons. The number of nitrogens with zero attached hydrogens (tertiary/aromatic N) is 5. The van der Waals surface area contributed by atoms with Crippen molar-refractivity contribution in [1.82, 2.24) is 30.4 Å². The van der Waals surface area contributed by atoms with Crippen molar-refractivity contribution in [2.75, 3.05) is 13.1 Å². The summed E-state index contributed by atoms with van der Waals surface area (Å²) in [5.41, 5.74) is 2.53. The van der Waals surface area contributed by atoms with Crippen molar-refractivity contribution in [1.29, 1.82) is 0 Å². The number of aromatic nitrogens is 4. The fraction of sp³-hybridized carbons (Fsp3) is 0.300. The van der Waals surface area contributed by atoms with E-state index in [1.807, 2.05) is 18.2 Å². The second-order valence-corrected chi connectivity index (χ2v) is 7.84. The molecule has 28 heavy (non-hydrogen) atoms. The van der Waals surface area contributed by atoms with Gasteiger partial charge in [0.1, 0.15) is 6.33 Å². The number of likely N-dealkylation sites (tertiary alicyclic amines) is 1. The van der Waals surface area contributed by atoms with Crippen molar-refractivity contribution in [3.63, 3.8) is 0 Å². The van der Waals surface area contributed by atoms with E-state index in [4.69, 9.17) is 0 Å². The average molecular weight is 441 g/mol. The Kier molecular flexibility index (Phi) is 5.78. The molecule has 4 rings (SSSR count). The van der Waals surface area contributed by atoms with E-state index < -0.39 is 0 Å². The van der Waals surface area contributed by atoms with Gasteiger partial charge < -0.3 is 5.32 Å². The van der Waals surface area contributed by atoms with Crippen LogP contribution in [0.1, 0.15) is 28.8 Å². The second-order valence-electron chi connectivity index (χ2n) is 6.93. The Morgan fingerprint density at radius 3 is 2.64 bits per heavy atom. The number of benzene rings is 2. The summed E-state index contributed by atoms with van der Waals surface area (Å²) in [6.07, 6.45) is 3.37. The van der Waals surface area contributed by atoms with Gasteiger partial charge in [-0.15, -0.1) is 5.10 Å². The van der Waals surface area contributed by atoms with Crippen LogP contribution in [-0.4, -0.2) is 50.1 Å². The van der Waals surface area contributed by atoms with Crippen molar-refractivity contribution < 1.29 is 4.79 Å². The third-order valence-electron chi connectivity index (χ3n) is 4.97. The predicted molar refractivity (Wildman–Crippen MR) is 109 cm³/mol. The van der Waals surface area contributed by atoms with Crippen LogP contribution in [0.2, 0.25) is 0 Å². The minimum atomic E-state index is -0.0977. The lowest BCUT2D eigenvalue weighted by Crippen LogP contribution is -2.44. The number of tetrazole rings is 1. The number of rotatable bonds is 5. The fourth-order valence-electron chi connectivity index (χ4n) is 3.50. The van der Waals surface area contributed by atoms with E-state index in [1.54, 1.807) is 6.07 Å². The summed E-state index contributed by atoms with van der Waals surface area (Å²) in [6.45, 7) is 2.90. The molecule has 8 heteroatoms. The van der Waals surface area contributed by atoms with Gasteiger partial charge in [-0.2, -0.15) is 4.68 Å². The van der Waals surface area contributed by atoms with Crippen molar-refractivity contribution in [3.05, 3.63) is 70.5 Å². The fourth-order valence-corrected chi connectivity index (χ4v) is 3.85. The molecule has 0 aliphatic carbocycles. The van der Waals surface area contributed by atoms with Gasteiger partial charge in [-0.3, -0.25) is 9.69 Å². The van der Waals surface area contributed by atoms with Crippen molar-refractivity contribution in [3.8, 4) is 5.69 Å². The summed E-state index contributed by atoms with van der Waals surface area (Å²) in [7, 11) is 0. The standard InChI is InChI=1S/C20H21BrN6O/c21-16-6-7-18(19(12-16)27-14-22-24-25-27)20(28)23-17-8-10-26(11-9-17)13-15-4-2-1-3-5-15/h1-7,12,14,17H,8-11,13H2,(H,23,28). The molecule has 2 aromatic carbocycles. The third-order valence-corrected chi connectivity index (χ3v) is 5.47. The summed E-state index contributed by atoms with van der Waals surface area (Å²) < 4.78 is 2.37. The predicted octanol–water partition coefficient (Wildman–Crippen LogP) is 2.82. The molecule has 2 heterocycles. The normalized spacial score (nSPS) is 15.5. The van der Waals surface area contributed by atoms with E-state index in [0.717, 1.165) is 36.9 Å². The van der Waals surface area contributed by atoms with E-state index in [-0.39, 0.29) is 11.9 Å². The molecule has 1 saturated heterocycles. The summed E-state index contributed by atoms with van der Waals surface area (Å²) in [4.78, 5) is 15.3. The van der Waals surface area contributed by atoms with E-state index in [0.29, 0.717) is 11.3 Å². The Labute approximate surface area is 171 Å². The van der Waals surface area contributed by atoms with Gasteiger partial charge in [0.2, 0.25) is 0 Å². The Hall–Kier alpha value is -2.58. The molecule has 0 unspecified atom stereocenters. The first-order chi connectivity index (χ1) is 13.7. The average Bonchev–Trinajstić information content (AvgIpc) is 3.25. The van der Waals surface area contributed by atoms with Crippen LogP contribution in [0.5, 0.6) is 0 Å². The zero-order chi connectivity index (χ0) is 19.3. The third kappa shape index (κ3) is 4.45. The molecule has 1 aliphatic rings. The maximum Gasteiger partial charge on any atom is 0.253 e. The summed E-state index contributed by atoms with van der Waals surface area (Å²) >= 11 is 3.44. The Morgan fingerprint density at radius 1 is 1.14 bits per heavy atom.